The summed E-state index contributed by atoms with van der Waals surface area (Å²) in [5.74, 6) is 1.42. The molecule has 2 fully saturated rings. The van der Waals surface area contributed by atoms with Crippen LogP contribution >= 0.6 is 0 Å². The van der Waals surface area contributed by atoms with Crippen LogP contribution in [0.3, 0.4) is 0 Å². The molecule has 3 rings (SSSR count). The van der Waals surface area contributed by atoms with Gasteiger partial charge in [0.2, 0.25) is 0 Å². The molecule has 21 heavy (non-hydrogen) atoms. The van der Waals surface area contributed by atoms with Gasteiger partial charge in [0.05, 0.1) is 0 Å². The van der Waals surface area contributed by atoms with E-state index in [2.05, 4.69) is 39.5 Å². The number of allylic oxidation sites excluding steroid dienone is 3. The minimum atomic E-state index is 0.137. The Bertz CT molecular complexity index is 464. The zero-order valence-corrected chi connectivity index (χ0v) is 14.1. The van der Waals surface area contributed by atoms with Gasteiger partial charge in [-0.3, -0.25) is 0 Å². The van der Waals surface area contributed by atoms with Crippen molar-refractivity contribution < 1.29 is 5.11 Å². The first kappa shape index (κ1) is 15.3. The Morgan fingerprint density at radius 1 is 1.29 bits per heavy atom. The second-order valence-electron chi connectivity index (χ2n) is 8.84. The number of fused-ring (bicyclic) bond motifs is 3. The maximum absolute atomic E-state index is 9.99. The van der Waals surface area contributed by atoms with Crippen LogP contribution < -0.4 is 0 Å². The number of aliphatic hydroxyl groups is 1. The quantitative estimate of drug-likeness (QED) is 0.700. The Hall–Kier alpha value is -0.560. The maximum Gasteiger partial charge on any atom is 0.0487 e. The molecule has 1 heteroatoms. The zero-order chi connectivity index (χ0) is 15.3. The van der Waals surface area contributed by atoms with E-state index < -0.39 is 0 Å². The van der Waals surface area contributed by atoms with E-state index in [1.54, 1.807) is 5.57 Å². The van der Waals surface area contributed by atoms with Crippen molar-refractivity contribution in [1.29, 1.82) is 0 Å². The largest absolute Gasteiger partial charge is 0.396 e. The number of rotatable bonds is 2. The van der Waals surface area contributed by atoms with Crippen molar-refractivity contribution >= 4 is 0 Å². The molecule has 1 nitrogen and oxygen atoms in total. The van der Waals surface area contributed by atoms with Crippen molar-refractivity contribution in [2.24, 2.45) is 28.1 Å². The van der Waals surface area contributed by atoms with Crippen LogP contribution in [0.1, 0.15) is 65.7 Å². The fourth-order valence-corrected chi connectivity index (χ4v) is 5.94. The van der Waals surface area contributed by atoms with Crippen molar-refractivity contribution in [1.82, 2.24) is 0 Å². The van der Waals surface area contributed by atoms with E-state index in [1.165, 1.54) is 38.5 Å². The van der Waals surface area contributed by atoms with Gasteiger partial charge in [-0.15, -0.1) is 6.58 Å². The van der Waals surface area contributed by atoms with Gasteiger partial charge in [-0.25, -0.2) is 0 Å². The summed E-state index contributed by atoms with van der Waals surface area (Å²) in [6, 6.07) is 0. The van der Waals surface area contributed by atoms with E-state index in [0.717, 1.165) is 12.3 Å². The Kier molecular flexibility index (Phi) is 3.64. The first-order valence-corrected chi connectivity index (χ1v) is 8.82. The summed E-state index contributed by atoms with van der Waals surface area (Å²) in [6.45, 7) is 11.6. The minimum absolute atomic E-state index is 0.137. The second kappa shape index (κ2) is 4.98. The smallest absolute Gasteiger partial charge is 0.0487 e. The van der Waals surface area contributed by atoms with Crippen LogP contribution in [0.4, 0.5) is 0 Å². The molecule has 0 aromatic carbocycles. The predicted molar refractivity (Wildman–Crippen MR) is 89.0 cm³/mol. The van der Waals surface area contributed by atoms with Crippen LogP contribution in [0.15, 0.2) is 24.3 Å². The first-order chi connectivity index (χ1) is 9.87. The van der Waals surface area contributed by atoms with Crippen molar-refractivity contribution in [3.8, 4) is 0 Å². The van der Waals surface area contributed by atoms with E-state index >= 15 is 0 Å². The van der Waals surface area contributed by atoms with Crippen molar-refractivity contribution in [3.05, 3.63) is 24.3 Å². The summed E-state index contributed by atoms with van der Waals surface area (Å²) < 4.78 is 0. The molecule has 0 heterocycles. The molecule has 118 valence electrons. The molecule has 0 aromatic heterocycles. The van der Waals surface area contributed by atoms with Gasteiger partial charge in [0.15, 0.2) is 0 Å². The topological polar surface area (TPSA) is 20.2 Å². The zero-order valence-electron chi connectivity index (χ0n) is 14.1. The lowest BCUT2D eigenvalue weighted by molar-refractivity contribution is -0.0558. The fraction of sp³-hybridized carbons (Fsp3) is 0.800. The van der Waals surface area contributed by atoms with Crippen molar-refractivity contribution in [3.63, 3.8) is 0 Å². The summed E-state index contributed by atoms with van der Waals surface area (Å²) >= 11 is 0. The lowest BCUT2D eigenvalue weighted by Crippen LogP contribution is -2.51. The summed E-state index contributed by atoms with van der Waals surface area (Å²) in [5, 5.41) is 9.99. The Morgan fingerprint density at radius 3 is 2.71 bits per heavy atom. The molecular formula is C20H32O. The summed E-state index contributed by atoms with van der Waals surface area (Å²) in [4.78, 5) is 0. The molecule has 2 saturated carbocycles. The highest BCUT2D eigenvalue weighted by Crippen LogP contribution is 2.63. The molecule has 0 bridgehead atoms. The standard InChI is InChI=1S/C20H32O/c1-5-18(2)12-9-16-15(13-18)7-8-17-19(3,14-21)10-6-11-20(16,17)4/h5,9,15,17,21H,1,6-8,10-14H2,2-4H3/t15?,17-,18-,19+,20+/m1/s1. The van der Waals surface area contributed by atoms with Gasteiger partial charge in [0.1, 0.15) is 0 Å². The highest BCUT2D eigenvalue weighted by molar-refractivity contribution is 5.28. The highest BCUT2D eigenvalue weighted by Gasteiger charge is 2.54. The first-order valence-electron chi connectivity index (χ1n) is 8.82. The average molecular weight is 288 g/mol. The Balaban J connectivity index is 1.96. The Morgan fingerprint density at radius 2 is 2.05 bits per heavy atom. The molecule has 0 aromatic rings. The van der Waals surface area contributed by atoms with E-state index in [-0.39, 0.29) is 5.41 Å². The fourth-order valence-electron chi connectivity index (χ4n) is 5.94. The van der Waals surface area contributed by atoms with E-state index in [0.29, 0.717) is 23.4 Å². The van der Waals surface area contributed by atoms with E-state index in [4.69, 9.17) is 0 Å². The summed E-state index contributed by atoms with van der Waals surface area (Å²) in [5.41, 5.74) is 2.50. The number of aliphatic hydroxyl groups excluding tert-OH is 1. The van der Waals surface area contributed by atoms with Crippen LogP contribution in [-0.4, -0.2) is 11.7 Å². The SMILES string of the molecule is C=C[C@]1(C)CC=C2C(CC[C@@H]3[C@](C)(CO)CCC[C@@]23C)C1. The summed E-state index contributed by atoms with van der Waals surface area (Å²) in [7, 11) is 0. The van der Waals surface area contributed by atoms with Crippen LogP contribution in [0.25, 0.3) is 0 Å². The van der Waals surface area contributed by atoms with Gasteiger partial charge in [0, 0.05) is 6.61 Å². The van der Waals surface area contributed by atoms with Gasteiger partial charge >= 0.3 is 0 Å². The molecular weight excluding hydrogens is 256 g/mol. The van der Waals surface area contributed by atoms with E-state index in [1.807, 2.05) is 0 Å². The monoisotopic (exact) mass is 288 g/mol. The lowest BCUT2D eigenvalue weighted by Gasteiger charge is -2.59. The third-order valence-electron chi connectivity index (χ3n) is 7.31. The van der Waals surface area contributed by atoms with Gasteiger partial charge in [0.25, 0.3) is 0 Å². The second-order valence-corrected chi connectivity index (χ2v) is 8.84. The normalized spacial score (nSPS) is 49.8. The van der Waals surface area contributed by atoms with Gasteiger partial charge in [-0.1, -0.05) is 44.9 Å². The van der Waals surface area contributed by atoms with Gasteiger partial charge in [-0.05, 0) is 66.6 Å². The molecule has 0 radical (unpaired) electrons. The van der Waals surface area contributed by atoms with Crippen LogP contribution in [0.2, 0.25) is 0 Å². The minimum Gasteiger partial charge on any atom is -0.396 e. The molecule has 3 aliphatic rings. The molecule has 0 spiro atoms. The molecule has 0 saturated heterocycles. The van der Waals surface area contributed by atoms with Crippen molar-refractivity contribution in [2.75, 3.05) is 6.61 Å². The van der Waals surface area contributed by atoms with Gasteiger partial charge < -0.3 is 5.11 Å². The molecule has 0 amide bonds. The highest BCUT2D eigenvalue weighted by atomic mass is 16.3. The number of hydrogen-bond donors (Lipinski definition) is 1. The van der Waals surface area contributed by atoms with E-state index in [9.17, 15) is 5.11 Å². The van der Waals surface area contributed by atoms with Crippen molar-refractivity contribution in [2.45, 2.75) is 65.7 Å². The van der Waals surface area contributed by atoms with Gasteiger partial charge in [-0.2, -0.15) is 0 Å². The van der Waals surface area contributed by atoms with Crippen LogP contribution in [-0.2, 0) is 0 Å². The average Bonchev–Trinajstić information content (AvgIpc) is 2.46. The molecule has 0 aliphatic heterocycles. The maximum atomic E-state index is 9.99. The van der Waals surface area contributed by atoms with Crippen LogP contribution in [0.5, 0.6) is 0 Å². The number of hydrogen-bond acceptors (Lipinski definition) is 1. The Labute approximate surface area is 130 Å². The predicted octanol–water partition coefficient (Wildman–Crippen LogP) is 5.11. The molecule has 1 N–H and O–H groups in total. The third kappa shape index (κ3) is 2.23. The molecule has 5 atom stereocenters. The lowest BCUT2D eigenvalue weighted by atomic mass is 9.46. The third-order valence-corrected chi connectivity index (χ3v) is 7.31. The molecule has 1 unspecified atom stereocenters. The van der Waals surface area contributed by atoms with Crippen LogP contribution in [0, 0.1) is 28.1 Å². The summed E-state index contributed by atoms with van der Waals surface area (Å²) in [6.07, 6.45) is 13.6. The molecule has 3 aliphatic carbocycles.